The van der Waals surface area contributed by atoms with Crippen LogP contribution in [0.5, 0.6) is 0 Å². The first-order chi connectivity index (χ1) is 21.7. The second-order valence-electron chi connectivity index (χ2n) is 18.3. The molecule has 5 aliphatic rings. The van der Waals surface area contributed by atoms with Crippen molar-refractivity contribution in [2.24, 2.45) is 44.8 Å². The lowest BCUT2D eigenvalue weighted by Crippen LogP contribution is -2.67. The van der Waals surface area contributed by atoms with Gasteiger partial charge in [-0.2, -0.15) is 0 Å². The minimum Gasteiger partial charge on any atom is -0.387 e. The summed E-state index contributed by atoms with van der Waals surface area (Å²) in [5, 5.41) is 12.3. The Morgan fingerprint density at radius 2 is 1.26 bits per heavy atom. The lowest BCUT2D eigenvalue weighted by molar-refractivity contribution is -0.246. The molecule has 1 N–H and O–H groups in total. The van der Waals surface area contributed by atoms with Crippen LogP contribution in [0.15, 0.2) is 72.3 Å². The van der Waals surface area contributed by atoms with E-state index in [0.717, 1.165) is 32.1 Å². The van der Waals surface area contributed by atoms with Crippen LogP contribution in [0.3, 0.4) is 0 Å². The summed E-state index contributed by atoms with van der Waals surface area (Å²) in [5.74, 6) is 1.38. The Labute approximate surface area is 279 Å². The molecule has 3 nitrogen and oxygen atoms in total. The number of aliphatic hydroxyl groups is 1. The number of hydrogen-bond acceptors (Lipinski definition) is 3. The third kappa shape index (κ3) is 5.00. The fraction of sp³-hybridized carbons (Fsp3) is 0.674. The fourth-order valence-corrected chi connectivity index (χ4v) is 12.3. The highest BCUT2D eigenvalue weighted by Crippen LogP contribution is 2.75. The van der Waals surface area contributed by atoms with Crippen LogP contribution in [0.25, 0.3) is 0 Å². The summed E-state index contributed by atoms with van der Waals surface area (Å²) in [4.78, 5) is 0. The standard InChI is InChI=1S/C43H60O3/c1-38(2)26-33-32-18-19-34-40(4)22-21-36(45-28-30-14-10-8-11-15-30)43(7,44)35(40)20-23-42(34,6)41(32,5)25-24-39(33,3)37(27-38)46-29-31-16-12-9-13-17-31/h8-18,33-37,44H,19-29H2,1-7H3/t33-,34-,35?,36+,37-,39-,40-,41-,42-,43+/m1/s1. The van der Waals surface area contributed by atoms with Crippen molar-refractivity contribution in [3.8, 4) is 0 Å². The van der Waals surface area contributed by atoms with E-state index in [-0.39, 0.29) is 45.2 Å². The van der Waals surface area contributed by atoms with E-state index in [1.165, 1.54) is 36.8 Å². The Bertz CT molecular complexity index is 1430. The lowest BCUT2D eigenvalue weighted by Gasteiger charge is -2.71. The number of fused-ring (bicyclic) bond motifs is 7. The smallest absolute Gasteiger partial charge is 0.0913 e. The molecule has 10 atom stereocenters. The van der Waals surface area contributed by atoms with Gasteiger partial charge in [0.2, 0.25) is 0 Å². The zero-order valence-electron chi connectivity index (χ0n) is 29.8. The summed E-state index contributed by atoms with van der Waals surface area (Å²) in [6.45, 7) is 18.8. The van der Waals surface area contributed by atoms with Crippen molar-refractivity contribution < 1.29 is 14.6 Å². The molecule has 2 aromatic carbocycles. The van der Waals surface area contributed by atoms with Crippen molar-refractivity contribution in [2.75, 3.05) is 0 Å². The number of benzene rings is 2. The highest BCUT2D eigenvalue weighted by atomic mass is 16.5. The molecular weight excluding hydrogens is 564 g/mol. The van der Waals surface area contributed by atoms with Crippen LogP contribution in [0.1, 0.15) is 117 Å². The summed E-state index contributed by atoms with van der Waals surface area (Å²) in [5.41, 5.74) is 4.31. The number of ether oxygens (including phenoxy) is 2. The van der Waals surface area contributed by atoms with Crippen LogP contribution >= 0.6 is 0 Å². The molecule has 0 amide bonds. The van der Waals surface area contributed by atoms with Gasteiger partial charge in [-0.3, -0.25) is 0 Å². The SMILES string of the molecule is CC1(C)C[C@@H]2C3=CC[C@@H]4[C@@]5(C)CC[C@H](OCc6ccccc6)[C@@](C)(O)C5CC[C@@]4(C)[C@]3(C)CC[C@@]2(C)[C@H](OCc2ccccc2)C1. The molecule has 7 rings (SSSR count). The predicted molar refractivity (Wildman–Crippen MR) is 187 cm³/mol. The summed E-state index contributed by atoms with van der Waals surface area (Å²) < 4.78 is 13.4. The molecule has 3 heteroatoms. The van der Waals surface area contributed by atoms with E-state index < -0.39 is 5.60 Å². The molecule has 0 radical (unpaired) electrons. The highest BCUT2D eigenvalue weighted by molar-refractivity contribution is 5.34. The first-order valence-electron chi connectivity index (χ1n) is 18.5. The summed E-state index contributed by atoms with van der Waals surface area (Å²) in [6.07, 6.45) is 13.2. The van der Waals surface area contributed by atoms with Gasteiger partial charge in [-0.05, 0) is 115 Å². The number of allylic oxidation sites excluding steroid dienone is 2. The molecule has 250 valence electrons. The number of hydrogen-bond donors (Lipinski definition) is 1. The normalized spacial score (nSPS) is 44.6. The van der Waals surface area contributed by atoms with Gasteiger partial charge < -0.3 is 14.6 Å². The monoisotopic (exact) mass is 624 g/mol. The molecular formula is C43H60O3. The van der Waals surface area contributed by atoms with Crippen molar-refractivity contribution in [3.05, 3.63) is 83.4 Å². The lowest BCUT2D eigenvalue weighted by atomic mass is 9.34. The van der Waals surface area contributed by atoms with E-state index in [9.17, 15) is 5.11 Å². The second kappa shape index (κ2) is 11.3. The van der Waals surface area contributed by atoms with Crippen molar-refractivity contribution in [1.29, 1.82) is 0 Å². The molecule has 4 fully saturated rings. The second-order valence-corrected chi connectivity index (χ2v) is 18.3. The Morgan fingerprint density at radius 3 is 1.89 bits per heavy atom. The van der Waals surface area contributed by atoms with Gasteiger partial charge in [0.05, 0.1) is 31.0 Å². The van der Waals surface area contributed by atoms with E-state index in [4.69, 9.17) is 9.47 Å². The van der Waals surface area contributed by atoms with Gasteiger partial charge in [0, 0.05) is 5.41 Å². The highest BCUT2D eigenvalue weighted by Gasteiger charge is 2.69. The van der Waals surface area contributed by atoms with Gasteiger partial charge >= 0.3 is 0 Å². The molecule has 0 aliphatic heterocycles. The molecule has 0 aromatic heterocycles. The molecule has 2 aromatic rings. The summed E-state index contributed by atoms with van der Waals surface area (Å²) in [6, 6.07) is 21.2. The van der Waals surface area contributed by atoms with E-state index in [1.807, 2.05) is 0 Å². The van der Waals surface area contributed by atoms with Gasteiger partial charge in [-0.15, -0.1) is 0 Å². The van der Waals surface area contributed by atoms with Crippen molar-refractivity contribution in [1.82, 2.24) is 0 Å². The molecule has 0 bridgehead atoms. The van der Waals surface area contributed by atoms with Gasteiger partial charge in [0.25, 0.3) is 0 Å². The van der Waals surface area contributed by atoms with Crippen LogP contribution in [0.2, 0.25) is 0 Å². The molecule has 0 heterocycles. The fourth-order valence-electron chi connectivity index (χ4n) is 12.3. The third-order valence-electron chi connectivity index (χ3n) is 15.2. The molecule has 5 aliphatic carbocycles. The average molecular weight is 625 g/mol. The molecule has 1 unspecified atom stereocenters. The quantitative estimate of drug-likeness (QED) is 0.325. The van der Waals surface area contributed by atoms with Crippen LogP contribution in [-0.2, 0) is 22.7 Å². The van der Waals surface area contributed by atoms with E-state index in [1.54, 1.807) is 5.57 Å². The van der Waals surface area contributed by atoms with Gasteiger partial charge in [-0.25, -0.2) is 0 Å². The predicted octanol–water partition coefficient (Wildman–Crippen LogP) is 10.3. The number of rotatable bonds is 6. The zero-order valence-corrected chi connectivity index (χ0v) is 29.8. The van der Waals surface area contributed by atoms with E-state index in [0.29, 0.717) is 25.0 Å². The first-order valence-corrected chi connectivity index (χ1v) is 18.5. The van der Waals surface area contributed by atoms with Crippen LogP contribution in [-0.4, -0.2) is 22.9 Å². The topological polar surface area (TPSA) is 38.7 Å². The minimum atomic E-state index is -0.824. The Kier molecular flexibility index (Phi) is 8.02. The minimum absolute atomic E-state index is 0.0993. The first kappa shape index (κ1) is 32.6. The molecule has 0 spiro atoms. The van der Waals surface area contributed by atoms with Gasteiger partial charge in [0.15, 0.2) is 0 Å². The summed E-state index contributed by atoms with van der Waals surface area (Å²) in [7, 11) is 0. The van der Waals surface area contributed by atoms with Crippen molar-refractivity contribution >= 4 is 0 Å². The average Bonchev–Trinajstić information content (AvgIpc) is 3.01. The maximum absolute atomic E-state index is 12.3. The Balaban J connectivity index is 1.16. The van der Waals surface area contributed by atoms with Crippen molar-refractivity contribution in [2.45, 2.75) is 137 Å². The zero-order chi connectivity index (χ0) is 32.6. The maximum Gasteiger partial charge on any atom is 0.0913 e. The van der Waals surface area contributed by atoms with Crippen molar-refractivity contribution in [3.63, 3.8) is 0 Å². The molecule has 4 saturated carbocycles. The van der Waals surface area contributed by atoms with Crippen LogP contribution < -0.4 is 0 Å². The van der Waals surface area contributed by atoms with Gasteiger partial charge in [-0.1, -0.05) is 114 Å². The van der Waals surface area contributed by atoms with E-state index >= 15 is 0 Å². The molecule has 46 heavy (non-hydrogen) atoms. The Hall–Kier alpha value is -1.94. The summed E-state index contributed by atoms with van der Waals surface area (Å²) >= 11 is 0. The van der Waals surface area contributed by atoms with Crippen LogP contribution in [0, 0.1) is 44.8 Å². The largest absolute Gasteiger partial charge is 0.387 e. The molecule has 0 saturated heterocycles. The van der Waals surface area contributed by atoms with Crippen LogP contribution in [0.4, 0.5) is 0 Å². The Morgan fingerprint density at radius 1 is 0.652 bits per heavy atom. The van der Waals surface area contributed by atoms with Gasteiger partial charge in [0.1, 0.15) is 0 Å². The third-order valence-corrected chi connectivity index (χ3v) is 15.2. The van der Waals surface area contributed by atoms with E-state index in [2.05, 4.69) is 115 Å². The maximum atomic E-state index is 12.3.